The molecule has 7 nitrogen and oxygen atoms in total. The van der Waals surface area contributed by atoms with Crippen LogP contribution in [-0.2, 0) is 9.53 Å². The Balaban J connectivity index is 1.65. The molecule has 0 aliphatic carbocycles. The van der Waals surface area contributed by atoms with Crippen LogP contribution in [-0.4, -0.2) is 40.9 Å². The van der Waals surface area contributed by atoms with Crippen LogP contribution in [0.4, 0.5) is 10.5 Å². The van der Waals surface area contributed by atoms with Gasteiger partial charge in [-0.3, -0.25) is 9.89 Å². The summed E-state index contributed by atoms with van der Waals surface area (Å²) in [5.74, 6) is -0.157. The number of nitrogens with zero attached hydrogens (tertiary/aromatic N) is 2. The van der Waals surface area contributed by atoms with Crippen molar-refractivity contribution >= 4 is 34.7 Å². The van der Waals surface area contributed by atoms with E-state index in [-0.39, 0.29) is 5.91 Å². The Bertz CT molecular complexity index is 1050. The summed E-state index contributed by atoms with van der Waals surface area (Å²) in [6.45, 7) is 6.30. The molecule has 31 heavy (non-hydrogen) atoms. The lowest BCUT2D eigenvalue weighted by atomic mass is 10.2. The largest absolute Gasteiger partial charge is 0.444 e. The quantitative estimate of drug-likeness (QED) is 0.434. The molecule has 0 aliphatic heterocycles. The predicted octanol–water partition coefficient (Wildman–Crippen LogP) is 4.52. The molecule has 0 saturated carbocycles. The van der Waals surface area contributed by atoms with Crippen LogP contribution in [0.25, 0.3) is 17.0 Å². The number of ether oxygens (including phenoxy) is 1. The zero-order valence-corrected chi connectivity index (χ0v) is 18.1. The summed E-state index contributed by atoms with van der Waals surface area (Å²) in [4.78, 5) is 26.5. The van der Waals surface area contributed by atoms with Gasteiger partial charge in [0, 0.05) is 30.2 Å². The van der Waals surface area contributed by atoms with Crippen molar-refractivity contribution in [1.82, 2.24) is 15.5 Å². The van der Waals surface area contributed by atoms with E-state index in [0.29, 0.717) is 25.2 Å². The van der Waals surface area contributed by atoms with Crippen molar-refractivity contribution in [2.24, 2.45) is 0 Å². The van der Waals surface area contributed by atoms with Crippen LogP contribution in [0.3, 0.4) is 0 Å². The Labute approximate surface area is 182 Å². The fourth-order valence-electron chi connectivity index (χ4n) is 3.07. The van der Waals surface area contributed by atoms with Crippen molar-refractivity contribution in [3.05, 3.63) is 66.4 Å². The average Bonchev–Trinajstić information content (AvgIpc) is 3.14. The van der Waals surface area contributed by atoms with E-state index < -0.39 is 11.7 Å². The third-order valence-electron chi connectivity index (χ3n) is 4.44. The lowest BCUT2D eigenvalue weighted by Gasteiger charge is -2.22. The van der Waals surface area contributed by atoms with E-state index in [1.54, 1.807) is 11.0 Å². The molecule has 162 valence electrons. The maximum absolute atomic E-state index is 13.0. The number of aromatic amines is 1. The topological polar surface area (TPSA) is 87.3 Å². The normalized spacial score (nSPS) is 11.6. The van der Waals surface area contributed by atoms with Crippen molar-refractivity contribution < 1.29 is 14.3 Å². The second-order valence-electron chi connectivity index (χ2n) is 8.10. The molecule has 0 saturated heterocycles. The Morgan fingerprint density at radius 1 is 1.10 bits per heavy atom. The molecule has 2 amide bonds. The van der Waals surface area contributed by atoms with Gasteiger partial charge in [0.1, 0.15) is 5.60 Å². The maximum atomic E-state index is 13.0. The fourth-order valence-corrected chi connectivity index (χ4v) is 3.07. The summed E-state index contributed by atoms with van der Waals surface area (Å²) in [6.07, 6.45) is 3.36. The fraction of sp³-hybridized carbons (Fsp3) is 0.292. The van der Waals surface area contributed by atoms with Crippen LogP contribution in [0.1, 0.15) is 32.9 Å². The first-order chi connectivity index (χ1) is 14.8. The number of para-hydroxylation sites is 2. The summed E-state index contributed by atoms with van der Waals surface area (Å²) in [5.41, 5.74) is 1.88. The number of benzene rings is 2. The van der Waals surface area contributed by atoms with Gasteiger partial charge in [-0.15, -0.1) is 0 Å². The Hall–Kier alpha value is -3.61. The van der Waals surface area contributed by atoms with Crippen LogP contribution < -0.4 is 10.2 Å². The smallest absolute Gasteiger partial charge is 0.407 e. The van der Waals surface area contributed by atoms with Gasteiger partial charge in [-0.2, -0.15) is 5.10 Å². The molecule has 3 rings (SSSR count). The minimum absolute atomic E-state index is 0.157. The number of aromatic nitrogens is 2. The zero-order chi connectivity index (χ0) is 22.3. The number of hydrogen-bond acceptors (Lipinski definition) is 4. The van der Waals surface area contributed by atoms with Crippen molar-refractivity contribution in [2.75, 3.05) is 18.0 Å². The predicted molar refractivity (Wildman–Crippen MR) is 123 cm³/mol. The highest BCUT2D eigenvalue weighted by molar-refractivity contribution is 6.04. The number of nitrogens with one attached hydrogen (secondary N) is 2. The monoisotopic (exact) mass is 420 g/mol. The summed E-state index contributed by atoms with van der Waals surface area (Å²) >= 11 is 0. The van der Waals surface area contributed by atoms with Crippen molar-refractivity contribution in [1.29, 1.82) is 0 Å². The van der Waals surface area contributed by atoms with E-state index in [1.807, 2.05) is 75.4 Å². The van der Waals surface area contributed by atoms with Crippen molar-refractivity contribution in [3.63, 3.8) is 0 Å². The molecule has 1 heterocycles. The number of carbonyl (C=O) groups is 2. The van der Waals surface area contributed by atoms with Crippen molar-refractivity contribution in [3.8, 4) is 0 Å². The summed E-state index contributed by atoms with van der Waals surface area (Å²) < 4.78 is 5.24. The minimum atomic E-state index is -0.544. The number of H-pyrrole nitrogens is 1. The zero-order valence-electron chi connectivity index (χ0n) is 18.1. The number of amides is 2. The number of fused-ring (bicyclic) bond motifs is 1. The number of rotatable bonds is 7. The second-order valence-corrected chi connectivity index (χ2v) is 8.10. The average molecular weight is 421 g/mol. The van der Waals surface area contributed by atoms with E-state index >= 15 is 0 Å². The van der Waals surface area contributed by atoms with Crippen LogP contribution >= 0.6 is 0 Å². The van der Waals surface area contributed by atoms with E-state index in [4.69, 9.17) is 4.74 Å². The van der Waals surface area contributed by atoms with Gasteiger partial charge in [0.15, 0.2) is 0 Å². The van der Waals surface area contributed by atoms with Gasteiger partial charge in [0.2, 0.25) is 0 Å². The highest BCUT2D eigenvalue weighted by Crippen LogP contribution is 2.18. The third kappa shape index (κ3) is 6.44. The molecule has 1 aromatic heterocycles. The molecule has 7 heteroatoms. The number of hydrogen-bond donors (Lipinski definition) is 2. The molecule has 0 radical (unpaired) electrons. The SMILES string of the molecule is CC(C)(C)OC(=O)NCCCN(C(=O)C=Cc1n[nH]c2ccccc12)c1ccccc1. The standard InChI is InChI=1S/C24H28N4O3/c1-24(2,3)31-23(30)25-16-9-17-28(18-10-5-4-6-11-18)22(29)15-14-21-19-12-7-8-13-20(19)26-27-21/h4-8,10-15H,9,16-17H2,1-3H3,(H,25,30)(H,26,27). The van der Waals surface area contributed by atoms with Gasteiger partial charge in [0.25, 0.3) is 5.91 Å². The molecular formula is C24H28N4O3. The second kappa shape index (κ2) is 9.93. The van der Waals surface area contributed by atoms with E-state index in [2.05, 4.69) is 15.5 Å². The van der Waals surface area contributed by atoms with Crippen molar-refractivity contribution in [2.45, 2.75) is 32.8 Å². The summed E-state index contributed by atoms with van der Waals surface area (Å²) in [7, 11) is 0. The first-order valence-corrected chi connectivity index (χ1v) is 10.3. The summed E-state index contributed by atoms with van der Waals surface area (Å²) in [6, 6.07) is 17.2. The minimum Gasteiger partial charge on any atom is -0.444 e. The first kappa shape index (κ1) is 22.1. The number of carbonyl (C=O) groups excluding carboxylic acids is 2. The Morgan fingerprint density at radius 2 is 1.81 bits per heavy atom. The summed E-state index contributed by atoms with van der Waals surface area (Å²) in [5, 5.41) is 10.9. The van der Waals surface area contributed by atoms with Gasteiger partial charge >= 0.3 is 6.09 Å². The molecule has 2 N–H and O–H groups in total. The van der Waals surface area contributed by atoms with E-state index in [1.165, 1.54) is 6.08 Å². The molecule has 0 atom stereocenters. The lowest BCUT2D eigenvalue weighted by Crippen LogP contribution is -2.35. The van der Waals surface area contributed by atoms with Crippen LogP contribution in [0.5, 0.6) is 0 Å². The molecular weight excluding hydrogens is 392 g/mol. The number of alkyl carbamates (subject to hydrolysis) is 1. The molecule has 0 spiro atoms. The highest BCUT2D eigenvalue weighted by Gasteiger charge is 2.17. The van der Waals surface area contributed by atoms with Gasteiger partial charge < -0.3 is 15.0 Å². The van der Waals surface area contributed by atoms with Gasteiger partial charge in [-0.25, -0.2) is 4.79 Å². The van der Waals surface area contributed by atoms with Crippen LogP contribution in [0, 0.1) is 0 Å². The Morgan fingerprint density at radius 3 is 2.55 bits per heavy atom. The van der Waals surface area contributed by atoms with Crippen LogP contribution in [0.15, 0.2) is 60.7 Å². The van der Waals surface area contributed by atoms with E-state index in [0.717, 1.165) is 16.6 Å². The van der Waals surface area contributed by atoms with Gasteiger partial charge in [-0.1, -0.05) is 36.4 Å². The molecule has 3 aromatic rings. The maximum Gasteiger partial charge on any atom is 0.407 e. The highest BCUT2D eigenvalue weighted by atomic mass is 16.6. The molecule has 0 fully saturated rings. The molecule has 0 bridgehead atoms. The molecule has 2 aromatic carbocycles. The Kier molecular flexibility index (Phi) is 7.07. The lowest BCUT2D eigenvalue weighted by molar-refractivity contribution is -0.114. The van der Waals surface area contributed by atoms with Gasteiger partial charge in [-0.05, 0) is 51.5 Å². The first-order valence-electron chi connectivity index (χ1n) is 10.3. The van der Waals surface area contributed by atoms with Gasteiger partial charge in [0.05, 0.1) is 11.2 Å². The molecule has 0 unspecified atom stereocenters. The van der Waals surface area contributed by atoms with Crippen LogP contribution in [0.2, 0.25) is 0 Å². The third-order valence-corrected chi connectivity index (χ3v) is 4.44. The van der Waals surface area contributed by atoms with E-state index in [9.17, 15) is 9.59 Å². The molecule has 0 aliphatic rings. The number of anilines is 1.